The van der Waals surface area contributed by atoms with E-state index in [0.29, 0.717) is 12.6 Å². The third-order valence-electron chi connectivity index (χ3n) is 3.41. The van der Waals surface area contributed by atoms with Crippen LogP contribution >= 0.6 is 0 Å². The van der Waals surface area contributed by atoms with Crippen LogP contribution in [0.15, 0.2) is 18.2 Å². The summed E-state index contributed by atoms with van der Waals surface area (Å²) in [4.78, 5) is 2.19. The van der Waals surface area contributed by atoms with E-state index in [1.165, 1.54) is 25.3 Å². The molecule has 1 aliphatic carbocycles. The van der Waals surface area contributed by atoms with E-state index in [1.807, 2.05) is 7.05 Å². The Labute approximate surface area is 101 Å². The molecule has 1 saturated carbocycles. The van der Waals surface area contributed by atoms with Crippen molar-refractivity contribution in [1.82, 2.24) is 4.90 Å². The van der Waals surface area contributed by atoms with E-state index in [4.69, 9.17) is 10.0 Å². The van der Waals surface area contributed by atoms with Crippen molar-refractivity contribution in [3.63, 3.8) is 0 Å². The van der Waals surface area contributed by atoms with Gasteiger partial charge in [-0.25, -0.2) is 4.39 Å². The van der Waals surface area contributed by atoms with Gasteiger partial charge in [-0.15, -0.1) is 0 Å². The minimum Gasteiger partial charge on any atom is -0.423 e. The van der Waals surface area contributed by atoms with E-state index in [-0.39, 0.29) is 5.46 Å². The number of nitrogens with zero attached hydrogens (tertiary/aromatic N) is 1. The van der Waals surface area contributed by atoms with Crippen molar-refractivity contribution in [2.24, 2.45) is 0 Å². The van der Waals surface area contributed by atoms with Gasteiger partial charge in [0, 0.05) is 12.6 Å². The first-order valence-electron chi connectivity index (χ1n) is 5.92. The predicted molar refractivity (Wildman–Crippen MR) is 65.3 cm³/mol. The van der Waals surface area contributed by atoms with Gasteiger partial charge in [-0.05, 0) is 43.0 Å². The molecule has 1 fully saturated rings. The van der Waals surface area contributed by atoms with Crippen molar-refractivity contribution < 1.29 is 14.4 Å². The van der Waals surface area contributed by atoms with Crippen molar-refractivity contribution >= 4 is 12.6 Å². The summed E-state index contributed by atoms with van der Waals surface area (Å²) in [5, 5.41) is 18.1. The van der Waals surface area contributed by atoms with Crippen LogP contribution in [0, 0.1) is 5.82 Å². The van der Waals surface area contributed by atoms with Gasteiger partial charge >= 0.3 is 7.12 Å². The van der Waals surface area contributed by atoms with Gasteiger partial charge in [0.2, 0.25) is 0 Å². The predicted octanol–water partition coefficient (Wildman–Crippen LogP) is 0.490. The fourth-order valence-electron chi connectivity index (χ4n) is 2.16. The molecule has 2 N–H and O–H groups in total. The maximum absolute atomic E-state index is 13.3. The summed E-state index contributed by atoms with van der Waals surface area (Å²) in [7, 11) is 0.405. The summed E-state index contributed by atoms with van der Waals surface area (Å²) in [6.07, 6.45) is 3.65. The van der Waals surface area contributed by atoms with Crippen LogP contribution in [0.1, 0.15) is 24.8 Å². The second kappa shape index (κ2) is 5.17. The molecule has 5 heteroatoms. The molecule has 0 unspecified atom stereocenters. The zero-order valence-corrected chi connectivity index (χ0v) is 9.93. The Hall–Kier alpha value is -0.905. The molecule has 0 radical (unpaired) electrons. The van der Waals surface area contributed by atoms with E-state index in [1.54, 1.807) is 6.07 Å². The van der Waals surface area contributed by atoms with E-state index in [9.17, 15) is 4.39 Å². The van der Waals surface area contributed by atoms with Crippen LogP contribution in [0.4, 0.5) is 4.39 Å². The first kappa shape index (κ1) is 12.5. The Morgan fingerprint density at radius 1 is 1.35 bits per heavy atom. The van der Waals surface area contributed by atoms with Crippen LogP contribution in [0.3, 0.4) is 0 Å². The Morgan fingerprint density at radius 2 is 2.06 bits per heavy atom. The molecule has 17 heavy (non-hydrogen) atoms. The largest absolute Gasteiger partial charge is 0.488 e. The number of halogens is 1. The van der Waals surface area contributed by atoms with Crippen molar-refractivity contribution in [2.75, 3.05) is 7.05 Å². The van der Waals surface area contributed by atoms with Crippen molar-refractivity contribution in [3.05, 3.63) is 29.6 Å². The van der Waals surface area contributed by atoms with Crippen LogP contribution in [0.25, 0.3) is 0 Å². The van der Waals surface area contributed by atoms with Gasteiger partial charge < -0.3 is 10.0 Å². The highest BCUT2D eigenvalue weighted by atomic mass is 19.1. The minimum atomic E-state index is -1.61. The highest BCUT2D eigenvalue weighted by Crippen LogP contribution is 2.24. The van der Waals surface area contributed by atoms with E-state index < -0.39 is 12.9 Å². The van der Waals surface area contributed by atoms with Crippen LogP contribution < -0.4 is 5.46 Å². The van der Waals surface area contributed by atoms with Crippen LogP contribution in [-0.2, 0) is 6.54 Å². The van der Waals surface area contributed by atoms with E-state index in [0.717, 1.165) is 11.6 Å². The number of hydrogen-bond acceptors (Lipinski definition) is 3. The molecule has 0 spiro atoms. The fraction of sp³-hybridized carbons (Fsp3) is 0.500. The molecule has 92 valence electrons. The van der Waals surface area contributed by atoms with Crippen LogP contribution in [0.5, 0.6) is 0 Å². The van der Waals surface area contributed by atoms with Crippen LogP contribution in [0.2, 0.25) is 0 Å². The number of hydrogen-bond donors (Lipinski definition) is 2. The molecule has 1 aromatic carbocycles. The van der Waals surface area contributed by atoms with Crippen molar-refractivity contribution in [2.45, 2.75) is 31.8 Å². The minimum absolute atomic E-state index is 0.210. The highest BCUT2D eigenvalue weighted by molar-refractivity contribution is 6.58. The van der Waals surface area contributed by atoms with Gasteiger partial charge in [-0.2, -0.15) is 0 Å². The standard InChI is InChI=1S/C12H17BFNO2/c1-15(12-3-2-4-12)8-9-5-10(13(16)17)7-11(14)6-9/h5-7,12,16-17H,2-4,8H2,1H3. The number of rotatable bonds is 4. The third-order valence-corrected chi connectivity index (χ3v) is 3.41. The Kier molecular flexibility index (Phi) is 3.81. The topological polar surface area (TPSA) is 43.7 Å². The first-order chi connectivity index (χ1) is 8.06. The van der Waals surface area contributed by atoms with Gasteiger partial charge in [-0.3, -0.25) is 4.90 Å². The molecule has 3 nitrogen and oxygen atoms in total. The maximum atomic E-state index is 13.3. The van der Waals surface area contributed by atoms with Gasteiger partial charge in [0.25, 0.3) is 0 Å². The molecule has 1 aliphatic rings. The molecule has 0 bridgehead atoms. The molecule has 0 amide bonds. The monoisotopic (exact) mass is 237 g/mol. The van der Waals surface area contributed by atoms with Gasteiger partial charge in [-0.1, -0.05) is 12.5 Å². The number of benzene rings is 1. The lowest BCUT2D eigenvalue weighted by Gasteiger charge is -2.34. The lowest BCUT2D eigenvalue weighted by atomic mass is 9.79. The SMILES string of the molecule is CN(Cc1cc(F)cc(B(O)O)c1)C1CCC1. The smallest absolute Gasteiger partial charge is 0.423 e. The average Bonchev–Trinajstić information content (AvgIpc) is 2.13. The molecule has 0 heterocycles. The van der Waals surface area contributed by atoms with E-state index >= 15 is 0 Å². The molecular formula is C12H17BFNO2. The molecule has 1 aromatic rings. The van der Waals surface area contributed by atoms with E-state index in [2.05, 4.69) is 4.90 Å². The van der Waals surface area contributed by atoms with Gasteiger partial charge in [0.1, 0.15) is 5.82 Å². The second-order valence-corrected chi connectivity index (χ2v) is 4.77. The summed E-state index contributed by atoms with van der Waals surface area (Å²) in [6.45, 7) is 0.641. The highest BCUT2D eigenvalue weighted by Gasteiger charge is 2.22. The second-order valence-electron chi connectivity index (χ2n) is 4.77. The van der Waals surface area contributed by atoms with Gasteiger partial charge in [0.15, 0.2) is 0 Å². The Morgan fingerprint density at radius 3 is 2.59 bits per heavy atom. The summed E-state index contributed by atoms with van der Waals surface area (Å²) < 4.78 is 13.3. The Balaban J connectivity index is 2.08. The average molecular weight is 237 g/mol. The van der Waals surface area contributed by atoms with Crippen molar-refractivity contribution in [3.8, 4) is 0 Å². The normalized spacial score (nSPS) is 16.1. The maximum Gasteiger partial charge on any atom is 0.488 e. The third kappa shape index (κ3) is 3.06. The molecule has 2 rings (SSSR count). The fourth-order valence-corrected chi connectivity index (χ4v) is 2.16. The lowest BCUT2D eigenvalue weighted by Crippen LogP contribution is -2.37. The zero-order chi connectivity index (χ0) is 12.4. The summed E-state index contributed by atoms with van der Waals surface area (Å²) in [5.41, 5.74) is 0.990. The summed E-state index contributed by atoms with van der Waals surface area (Å²) in [6, 6.07) is 4.82. The molecule has 0 saturated heterocycles. The van der Waals surface area contributed by atoms with Gasteiger partial charge in [0.05, 0.1) is 0 Å². The molecule has 0 aliphatic heterocycles. The molecular weight excluding hydrogens is 220 g/mol. The summed E-state index contributed by atoms with van der Waals surface area (Å²) in [5.74, 6) is -0.424. The quantitative estimate of drug-likeness (QED) is 0.749. The van der Waals surface area contributed by atoms with Crippen molar-refractivity contribution in [1.29, 1.82) is 0 Å². The molecule has 0 atom stereocenters. The molecule has 0 aromatic heterocycles. The zero-order valence-electron chi connectivity index (χ0n) is 9.93. The lowest BCUT2D eigenvalue weighted by molar-refractivity contribution is 0.152. The van der Waals surface area contributed by atoms with Crippen LogP contribution in [-0.4, -0.2) is 35.2 Å². The Bertz CT molecular complexity index is 396. The first-order valence-corrected chi connectivity index (χ1v) is 5.92. The summed E-state index contributed by atoms with van der Waals surface area (Å²) >= 11 is 0.